The number of piperazine rings is 1. The summed E-state index contributed by atoms with van der Waals surface area (Å²) >= 11 is 1.56. The lowest BCUT2D eigenvalue weighted by Crippen LogP contribution is -2.51. The number of benzene rings is 2. The monoisotopic (exact) mass is 451 g/mol. The lowest BCUT2D eigenvalue weighted by Gasteiger charge is -2.35. The van der Waals surface area contributed by atoms with Crippen LogP contribution in [-0.4, -0.2) is 70.1 Å². The van der Waals surface area contributed by atoms with Crippen LogP contribution < -0.4 is 4.74 Å². The molecule has 0 bridgehead atoms. The minimum absolute atomic E-state index is 0.000618. The number of hydrogen-bond acceptors (Lipinski definition) is 6. The van der Waals surface area contributed by atoms with Crippen LogP contribution in [-0.2, 0) is 17.0 Å². The van der Waals surface area contributed by atoms with E-state index in [-0.39, 0.29) is 11.8 Å². The number of aromatic amines is 1. The van der Waals surface area contributed by atoms with Gasteiger partial charge in [0.15, 0.2) is 5.16 Å². The van der Waals surface area contributed by atoms with Crippen LogP contribution in [0.2, 0.25) is 0 Å². The molecule has 0 atom stereocenters. The molecule has 2 amide bonds. The van der Waals surface area contributed by atoms with Crippen LogP contribution in [0, 0.1) is 0 Å². The van der Waals surface area contributed by atoms with Crippen molar-refractivity contribution in [2.75, 3.05) is 33.3 Å². The molecule has 4 rings (SSSR count). The lowest BCUT2D eigenvalue weighted by molar-refractivity contribution is -0.131. The largest absolute Gasteiger partial charge is 0.497 e. The van der Waals surface area contributed by atoms with Crippen molar-refractivity contribution in [1.82, 2.24) is 25.0 Å². The summed E-state index contributed by atoms with van der Waals surface area (Å²) in [6.07, 6.45) is 1.81. The van der Waals surface area contributed by atoms with E-state index < -0.39 is 0 Å². The van der Waals surface area contributed by atoms with E-state index in [1.54, 1.807) is 18.9 Å². The first kappa shape index (κ1) is 21.9. The number of aromatic nitrogens is 3. The van der Waals surface area contributed by atoms with Crippen LogP contribution in [0.25, 0.3) is 0 Å². The van der Waals surface area contributed by atoms with E-state index in [9.17, 15) is 9.59 Å². The standard InChI is InChI=1S/C23H25N5O3S/c1-31-20-4-2-3-18(13-20)14-21(29)27-9-11-28(12-10-27)22(30)19-7-5-17(6-8-19)15-32-23-24-16-25-26-23/h2-8,13,16H,9-12,14-15H2,1H3,(H,24,25,26). The molecule has 3 aromatic rings. The Morgan fingerprint density at radius 1 is 1.03 bits per heavy atom. The van der Waals surface area contributed by atoms with Gasteiger partial charge in [0, 0.05) is 37.5 Å². The highest BCUT2D eigenvalue weighted by molar-refractivity contribution is 7.98. The van der Waals surface area contributed by atoms with Crippen molar-refractivity contribution in [3.8, 4) is 5.75 Å². The fourth-order valence-corrected chi connectivity index (χ4v) is 4.30. The number of amides is 2. The van der Waals surface area contributed by atoms with Crippen molar-refractivity contribution in [2.45, 2.75) is 17.3 Å². The summed E-state index contributed by atoms with van der Waals surface area (Å²) in [4.78, 5) is 33.3. The second-order valence-corrected chi connectivity index (χ2v) is 8.44. The molecule has 1 aliphatic heterocycles. The summed E-state index contributed by atoms with van der Waals surface area (Å²) < 4.78 is 5.23. The van der Waals surface area contributed by atoms with Crippen molar-refractivity contribution in [3.63, 3.8) is 0 Å². The molecule has 166 valence electrons. The fraction of sp³-hybridized carbons (Fsp3) is 0.304. The number of rotatable bonds is 7. The first-order valence-corrected chi connectivity index (χ1v) is 11.4. The summed E-state index contributed by atoms with van der Waals surface area (Å²) in [6, 6.07) is 15.2. The van der Waals surface area contributed by atoms with Gasteiger partial charge < -0.3 is 14.5 Å². The second-order valence-electron chi connectivity index (χ2n) is 7.48. The molecule has 32 heavy (non-hydrogen) atoms. The number of H-pyrrole nitrogens is 1. The van der Waals surface area contributed by atoms with E-state index in [0.717, 1.165) is 27.8 Å². The van der Waals surface area contributed by atoms with Gasteiger partial charge in [-0.05, 0) is 35.4 Å². The maximum absolute atomic E-state index is 12.9. The highest BCUT2D eigenvalue weighted by atomic mass is 32.2. The minimum atomic E-state index is -0.000618. The van der Waals surface area contributed by atoms with Crippen LogP contribution in [0.1, 0.15) is 21.5 Å². The van der Waals surface area contributed by atoms with Crippen molar-refractivity contribution in [2.24, 2.45) is 0 Å². The molecule has 1 fully saturated rings. The zero-order valence-corrected chi connectivity index (χ0v) is 18.7. The van der Waals surface area contributed by atoms with Gasteiger partial charge in [0.25, 0.3) is 5.91 Å². The topological polar surface area (TPSA) is 91.4 Å². The number of methoxy groups -OCH3 is 1. The molecule has 0 aliphatic carbocycles. The van der Waals surface area contributed by atoms with E-state index in [1.165, 1.54) is 6.33 Å². The maximum Gasteiger partial charge on any atom is 0.253 e. The van der Waals surface area contributed by atoms with Crippen LogP contribution in [0.15, 0.2) is 60.0 Å². The summed E-state index contributed by atoms with van der Waals surface area (Å²) in [6.45, 7) is 2.15. The van der Waals surface area contributed by atoms with Gasteiger partial charge in [-0.2, -0.15) is 5.10 Å². The van der Waals surface area contributed by atoms with Gasteiger partial charge in [-0.3, -0.25) is 14.7 Å². The van der Waals surface area contributed by atoms with Gasteiger partial charge in [0.05, 0.1) is 13.5 Å². The molecule has 2 aromatic carbocycles. The zero-order valence-electron chi connectivity index (χ0n) is 17.9. The van der Waals surface area contributed by atoms with Crippen LogP contribution in [0.5, 0.6) is 5.75 Å². The molecule has 0 saturated carbocycles. The molecule has 1 aromatic heterocycles. The van der Waals surface area contributed by atoms with Crippen LogP contribution >= 0.6 is 11.8 Å². The van der Waals surface area contributed by atoms with Gasteiger partial charge in [-0.25, -0.2) is 4.98 Å². The molecule has 0 radical (unpaired) electrons. The van der Waals surface area contributed by atoms with Gasteiger partial charge >= 0.3 is 0 Å². The first-order valence-electron chi connectivity index (χ1n) is 10.4. The Hall–Kier alpha value is -3.33. The molecule has 1 N–H and O–H groups in total. The molecule has 1 saturated heterocycles. The average Bonchev–Trinajstić information content (AvgIpc) is 3.36. The Kier molecular flexibility index (Phi) is 7.06. The number of thioether (sulfide) groups is 1. The SMILES string of the molecule is COc1cccc(CC(=O)N2CCN(C(=O)c3ccc(CSc4ncn[nH]4)cc3)CC2)c1. The summed E-state index contributed by atoms with van der Waals surface area (Å²) in [5, 5.41) is 7.42. The van der Waals surface area contributed by atoms with Crippen molar-refractivity contribution < 1.29 is 14.3 Å². The average molecular weight is 452 g/mol. The predicted molar refractivity (Wildman–Crippen MR) is 122 cm³/mol. The van der Waals surface area contributed by atoms with Crippen molar-refractivity contribution >= 4 is 23.6 Å². The molecular weight excluding hydrogens is 426 g/mol. The van der Waals surface area contributed by atoms with E-state index in [1.807, 2.05) is 58.3 Å². The van der Waals surface area contributed by atoms with Gasteiger partial charge in [0.1, 0.15) is 12.1 Å². The number of hydrogen-bond donors (Lipinski definition) is 1. The van der Waals surface area contributed by atoms with Crippen molar-refractivity contribution in [3.05, 3.63) is 71.5 Å². The van der Waals surface area contributed by atoms with E-state index in [2.05, 4.69) is 15.2 Å². The summed E-state index contributed by atoms with van der Waals surface area (Å²) in [5.74, 6) is 1.56. The Morgan fingerprint density at radius 2 is 1.78 bits per heavy atom. The molecule has 0 spiro atoms. The number of nitrogens with zero attached hydrogens (tertiary/aromatic N) is 4. The van der Waals surface area contributed by atoms with E-state index in [4.69, 9.17) is 4.74 Å². The van der Waals surface area contributed by atoms with Gasteiger partial charge in [-0.15, -0.1) is 0 Å². The third-order valence-corrected chi connectivity index (χ3v) is 6.33. The van der Waals surface area contributed by atoms with Crippen LogP contribution in [0.4, 0.5) is 0 Å². The third-order valence-electron chi connectivity index (χ3n) is 5.38. The molecule has 0 unspecified atom stereocenters. The Labute approximate surface area is 191 Å². The summed E-state index contributed by atoms with van der Waals surface area (Å²) in [5.41, 5.74) is 2.69. The lowest BCUT2D eigenvalue weighted by atomic mass is 10.1. The summed E-state index contributed by atoms with van der Waals surface area (Å²) in [7, 11) is 1.61. The Balaban J connectivity index is 1.26. The normalized spacial score (nSPS) is 13.8. The quantitative estimate of drug-likeness (QED) is 0.556. The predicted octanol–water partition coefficient (Wildman–Crippen LogP) is 2.63. The number of carbonyl (C=O) groups excluding carboxylic acids is 2. The van der Waals surface area contributed by atoms with Crippen molar-refractivity contribution in [1.29, 1.82) is 0 Å². The smallest absolute Gasteiger partial charge is 0.253 e. The van der Waals surface area contributed by atoms with Gasteiger partial charge in [0.2, 0.25) is 5.91 Å². The highest BCUT2D eigenvalue weighted by Crippen LogP contribution is 2.19. The van der Waals surface area contributed by atoms with E-state index >= 15 is 0 Å². The number of carbonyl (C=O) groups is 2. The third kappa shape index (κ3) is 5.47. The maximum atomic E-state index is 12.9. The highest BCUT2D eigenvalue weighted by Gasteiger charge is 2.25. The number of nitrogens with one attached hydrogen (secondary N) is 1. The zero-order chi connectivity index (χ0) is 22.3. The first-order chi connectivity index (χ1) is 15.6. The van der Waals surface area contributed by atoms with Gasteiger partial charge in [-0.1, -0.05) is 36.0 Å². The number of ether oxygens (including phenoxy) is 1. The van der Waals surface area contributed by atoms with Crippen LogP contribution in [0.3, 0.4) is 0 Å². The molecule has 8 nitrogen and oxygen atoms in total. The minimum Gasteiger partial charge on any atom is -0.497 e. The van der Waals surface area contributed by atoms with E-state index in [0.29, 0.717) is 38.2 Å². The molecular formula is C23H25N5O3S. The molecule has 2 heterocycles. The fourth-order valence-electron chi connectivity index (χ4n) is 3.57. The Morgan fingerprint density at radius 3 is 2.47 bits per heavy atom. The second kappa shape index (κ2) is 10.3. The molecule has 9 heteroatoms. The molecule has 1 aliphatic rings. The Bertz CT molecular complexity index is 1050.